The van der Waals surface area contributed by atoms with Crippen LogP contribution in [-0.4, -0.2) is 39.8 Å². The third-order valence-electron chi connectivity index (χ3n) is 4.43. The summed E-state index contributed by atoms with van der Waals surface area (Å²) in [5, 5.41) is 17.7. The maximum atomic E-state index is 12.2. The minimum atomic E-state index is -0.254. The van der Waals surface area contributed by atoms with Crippen molar-refractivity contribution in [3.8, 4) is 11.5 Å². The van der Waals surface area contributed by atoms with Crippen LogP contribution >= 0.6 is 15.9 Å². The number of nitrogens with zero attached hydrogens (tertiary/aromatic N) is 4. The summed E-state index contributed by atoms with van der Waals surface area (Å²) in [6.45, 7) is 5.13. The highest BCUT2D eigenvalue weighted by Crippen LogP contribution is 2.34. The number of amides is 1. The number of benzene rings is 2. The fourth-order valence-corrected chi connectivity index (χ4v) is 3.29. The zero-order valence-corrected chi connectivity index (χ0v) is 19.3. The van der Waals surface area contributed by atoms with Gasteiger partial charge in [-0.25, -0.2) is 4.68 Å². The molecule has 3 aromatic rings. The van der Waals surface area contributed by atoms with Gasteiger partial charge < -0.3 is 20.1 Å². The molecule has 0 saturated heterocycles. The number of carbonyl (C=O) groups is 1. The maximum absolute atomic E-state index is 12.2. The molecule has 10 heteroatoms. The largest absolute Gasteiger partial charge is 0.493 e. The molecule has 0 aliphatic heterocycles. The van der Waals surface area contributed by atoms with Crippen LogP contribution in [0, 0.1) is 6.92 Å². The van der Waals surface area contributed by atoms with Crippen LogP contribution < -0.4 is 20.1 Å². The average Bonchev–Trinajstić information content (AvgIpc) is 3.20. The fraction of sp³-hybridized carbons (Fsp3) is 0.333. The van der Waals surface area contributed by atoms with Gasteiger partial charge in [-0.15, -0.1) is 0 Å². The Bertz CT molecular complexity index is 1020. The molecule has 0 aliphatic rings. The molecule has 0 spiro atoms. The van der Waals surface area contributed by atoms with Crippen LogP contribution in [0.2, 0.25) is 0 Å². The Morgan fingerprint density at radius 1 is 1.19 bits per heavy atom. The first-order chi connectivity index (χ1) is 15.0. The van der Waals surface area contributed by atoms with Gasteiger partial charge in [0.1, 0.15) is 0 Å². The van der Waals surface area contributed by atoms with Gasteiger partial charge in [-0.1, -0.05) is 45.6 Å². The van der Waals surface area contributed by atoms with E-state index in [2.05, 4.69) is 49.0 Å². The number of nitrogens with one attached hydrogen (secondary N) is 2. The predicted molar refractivity (Wildman–Crippen MR) is 121 cm³/mol. The van der Waals surface area contributed by atoms with E-state index in [0.717, 1.165) is 34.3 Å². The molecule has 3 rings (SSSR count). The summed E-state index contributed by atoms with van der Waals surface area (Å²) in [5.74, 6) is 1.33. The zero-order valence-electron chi connectivity index (χ0n) is 17.7. The second kappa shape index (κ2) is 10.8. The second-order valence-corrected chi connectivity index (χ2v) is 7.73. The molecular weight excluding hydrogens is 464 g/mol. The number of carbonyl (C=O) groups excluding carboxylic acids is 1. The smallest absolute Gasteiger partial charge is 0.262 e. The van der Waals surface area contributed by atoms with Crippen LogP contribution in [0.3, 0.4) is 0 Å². The summed E-state index contributed by atoms with van der Waals surface area (Å²) in [6.07, 6.45) is 0.931. The summed E-state index contributed by atoms with van der Waals surface area (Å²) in [4.78, 5) is 12.2. The molecule has 0 bridgehead atoms. The summed E-state index contributed by atoms with van der Waals surface area (Å²) in [7, 11) is 1.56. The zero-order chi connectivity index (χ0) is 22.2. The highest BCUT2D eigenvalue weighted by atomic mass is 79.9. The first-order valence-corrected chi connectivity index (χ1v) is 10.6. The normalized spacial score (nSPS) is 10.6. The van der Waals surface area contributed by atoms with E-state index in [4.69, 9.17) is 9.47 Å². The van der Waals surface area contributed by atoms with Gasteiger partial charge in [-0.3, -0.25) is 4.79 Å². The van der Waals surface area contributed by atoms with E-state index in [-0.39, 0.29) is 12.5 Å². The Morgan fingerprint density at radius 2 is 1.97 bits per heavy atom. The Labute approximate surface area is 189 Å². The van der Waals surface area contributed by atoms with Crippen molar-refractivity contribution < 1.29 is 14.3 Å². The Morgan fingerprint density at radius 3 is 2.68 bits per heavy atom. The molecule has 0 aliphatic carbocycles. The summed E-state index contributed by atoms with van der Waals surface area (Å²) in [6, 6.07) is 11.2. The van der Waals surface area contributed by atoms with Gasteiger partial charge in [0.2, 0.25) is 5.95 Å². The molecular formula is C21H25BrN6O3. The SMILES string of the molecule is CCCn1nnnc1NCc1cc(OC)c(OCC(=O)Nc2ccc(C)cc2)cc1Br. The number of aromatic nitrogens is 4. The van der Waals surface area contributed by atoms with Crippen LogP contribution in [0.25, 0.3) is 0 Å². The third-order valence-corrected chi connectivity index (χ3v) is 5.17. The van der Waals surface area contributed by atoms with Gasteiger partial charge in [0.25, 0.3) is 5.91 Å². The quantitative estimate of drug-likeness (QED) is 0.447. The summed E-state index contributed by atoms with van der Waals surface area (Å²) >= 11 is 3.56. The molecule has 1 heterocycles. The van der Waals surface area contributed by atoms with Gasteiger partial charge >= 0.3 is 0 Å². The van der Waals surface area contributed by atoms with E-state index in [0.29, 0.717) is 24.0 Å². The number of rotatable bonds is 10. The summed E-state index contributed by atoms with van der Waals surface area (Å²) < 4.78 is 13.7. The molecule has 1 amide bonds. The average molecular weight is 489 g/mol. The number of hydrogen-bond acceptors (Lipinski definition) is 7. The van der Waals surface area contributed by atoms with Gasteiger partial charge in [-0.2, -0.15) is 0 Å². The Hall–Kier alpha value is -3.14. The maximum Gasteiger partial charge on any atom is 0.262 e. The second-order valence-electron chi connectivity index (χ2n) is 6.88. The molecule has 164 valence electrons. The Balaban J connectivity index is 1.62. The van der Waals surface area contributed by atoms with Crippen molar-refractivity contribution >= 4 is 33.5 Å². The minimum Gasteiger partial charge on any atom is -0.493 e. The number of hydrogen-bond donors (Lipinski definition) is 2. The molecule has 0 unspecified atom stereocenters. The van der Waals surface area contributed by atoms with Crippen molar-refractivity contribution in [1.29, 1.82) is 0 Å². The standard InChI is InChI=1S/C21H25BrN6O3/c1-4-9-28-21(25-26-27-28)23-12-15-10-18(30-3)19(11-17(15)22)31-13-20(29)24-16-7-5-14(2)6-8-16/h5-8,10-11H,4,9,12-13H2,1-3H3,(H,24,29)(H,23,25,27). The number of ether oxygens (including phenoxy) is 2. The predicted octanol–water partition coefficient (Wildman–Crippen LogP) is 3.79. The van der Waals surface area contributed by atoms with Crippen molar-refractivity contribution in [3.05, 3.63) is 52.0 Å². The topological polar surface area (TPSA) is 103 Å². The van der Waals surface area contributed by atoms with Gasteiger partial charge in [-0.05, 0) is 53.6 Å². The highest BCUT2D eigenvalue weighted by Gasteiger charge is 2.13. The van der Waals surface area contributed by atoms with Crippen LogP contribution in [0.5, 0.6) is 11.5 Å². The molecule has 1 aromatic heterocycles. The first-order valence-electron chi connectivity index (χ1n) is 9.86. The number of anilines is 2. The lowest BCUT2D eigenvalue weighted by Gasteiger charge is -2.14. The van der Waals surface area contributed by atoms with Crippen LogP contribution in [0.15, 0.2) is 40.9 Å². The van der Waals surface area contributed by atoms with E-state index >= 15 is 0 Å². The molecule has 0 radical (unpaired) electrons. The van der Waals surface area contributed by atoms with Crippen molar-refractivity contribution in [2.75, 3.05) is 24.4 Å². The lowest BCUT2D eigenvalue weighted by Crippen LogP contribution is -2.20. The summed E-state index contributed by atoms with van der Waals surface area (Å²) in [5.41, 5.74) is 2.78. The van der Waals surface area contributed by atoms with Crippen LogP contribution in [-0.2, 0) is 17.9 Å². The van der Waals surface area contributed by atoms with Gasteiger partial charge in [0, 0.05) is 23.2 Å². The van der Waals surface area contributed by atoms with Crippen molar-refractivity contribution in [2.24, 2.45) is 0 Å². The molecule has 0 fully saturated rings. The van der Waals surface area contributed by atoms with E-state index in [1.165, 1.54) is 0 Å². The van der Waals surface area contributed by atoms with Crippen molar-refractivity contribution in [1.82, 2.24) is 20.2 Å². The van der Waals surface area contributed by atoms with Crippen LogP contribution in [0.4, 0.5) is 11.6 Å². The van der Waals surface area contributed by atoms with Crippen LogP contribution in [0.1, 0.15) is 24.5 Å². The number of halogens is 1. The lowest BCUT2D eigenvalue weighted by molar-refractivity contribution is -0.118. The van der Waals surface area contributed by atoms with Crippen molar-refractivity contribution in [2.45, 2.75) is 33.4 Å². The molecule has 2 aromatic carbocycles. The molecule has 9 nitrogen and oxygen atoms in total. The molecule has 0 saturated carbocycles. The molecule has 31 heavy (non-hydrogen) atoms. The van der Waals surface area contributed by atoms with E-state index in [9.17, 15) is 4.79 Å². The molecule has 0 atom stereocenters. The Kier molecular flexibility index (Phi) is 7.82. The van der Waals surface area contributed by atoms with E-state index < -0.39 is 0 Å². The van der Waals surface area contributed by atoms with Crippen molar-refractivity contribution in [3.63, 3.8) is 0 Å². The van der Waals surface area contributed by atoms with Gasteiger partial charge in [0.05, 0.1) is 7.11 Å². The number of aryl methyl sites for hydroxylation is 2. The highest BCUT2D eigenvalue weighted by molar-refractivity contribution is 9.10. The van der Waals surface area contributed by atoms with Gasteiger partial charge in [0.15, 0.2) is 18.1 Å². The molecule has 2 N–H and O–H groups in total. The monoisotopic (exact) mass is 488 g/mol. The number of methoxy groups -OCH3 is 1. The lowest BCUT2D eigenvalue weighted by atomic mass is 10.2. The minimum absolute atomic E-state index is 0.139. The number of tetrazole rings is 1. The van der Waals surface area contributed by atoms with E-state index in [1.807, 2.05) is 37.3 Å². The third kappa shape index (κ3) is 6.17. The first kappa shape index (κ1) is 22.5. The van der Waals surface area contributed by atoms with E-state index in [1.54, 1.807) is 17.9 Å². The fourth-order valence-electron chi connectivity index (χ4n) is 2.83.